The summed E-state index contributed by atoms with van der Waals surface area (Å²) in [6, 6.07) is 6.76. The van der Waals surface area contributed by atoms with Crippen LogP contribution in [0.25, 0.3) is 11.1 Å². The maximum atomic E-state index is 13.1. The summed E-state index contributed by atoms with van der Waals surface area (Å²) in [6.45, 7) is 10.4. The maximum absolute atomic E-state index is 13.1. The normalized spacial score (nSPS) is 15.6. The minimum absolute atomic E-state index is 0.00203. The Morgan fingerprint density at radius 2 is 1.74 bits per heavy atom. The summed E-state index contributed by atoms with van der Waals surface area (Å²) in [4.78, 5) is 38.2. The summed E-state index contributed by atoms with van der Waals surface area (Å²) < 4.78 is 48.8. The van der Waals surface area contributed by atoms with Crippen molar-refractivity contribution in [2.24, 2.45) is 0 Å². The summed E-state index contributed by atoms with van der Waals surface area (Å²) in [7, 11) is 0. The number of benzene rings is 2. The van der Waals surface area contributed by atoms with E-state index < -0.39 is 35.1 Å². The fourth-order valence-electron chi connectivity index (χ4n) is 3.95. The third-order valence-corrected chi connectivity index (χ3v) is 5.39. The molecule has 0 radical (unpaired) electrons. The molecule has 0 saturated carbocycles. The Balaban J connectivity index is 2.27. The van der Waals surface area contributed by atoms with Gasteiger partial charge in [0.25, 0.3) is 0 Å². The maximum Gasteiger partial charge on any atom is 0.573 e. The van der Waals surface area contributed by atoms with Crippen molar-refractivity contribution in [3.8, 4) is 16.9 Å². The number of amides is 2. The van der Waals surface area contributed by atoms with Crippen molar-refractivity contribution in [2.75, 3.05) is 4.90 Å². The molecule has 0 spiro atoms. The van der Waals surface area contributed by atoms with E-state index in [1.54, 1.807) is 33.8 Å². The number of carbonyl (C=O) groups is 3. The number of hydrogen-bond acceptors (Lipinski definition) is 5. The topological polar surface area (TPSA) is 72.9 Å². The Hall–Kier alpha value is -3.36. The largest absolute Gasteiger partial charge is 0.573 e. The first-order chi connectivity index (χ1) is 15.5. The molecule has 0 aromatic heterocycles. The Morgan fingerprint density at radius 1 is 1.09 bits per heavy atom. The number of rotatable bonds is 3. The molecule has 34 heavy (non-hydrogen) atoms. The van der Waals surface area contributed by atoms with Crippen LogP contribution in [0.1, 0.15) is 62.5 Å². The quantitative estimate of drug-likeness (QED) is 0.484. The molecule has 9 heteroatoms. The van der Waals surface area contributed by atoms with Crippen molar-refractivity contribution >= 4 is 24.0 Å². The van der Waals surface area contributed by atoms with Crippen LogP contribution in [0.5, 0.6) is 5.75 Å². The van der Waals surface area contributed by atoms with Crippen LogP contribution < -0.4 is 9.64 Å². The molecule has 182 valence electrons. The molecule has 2 aromatic rings. The lowest BCUT2D eigenvalue weighted by Gasteiger charge is -2.38. The lowest BCUT2D eigenvalue weighted by Crippen LogP contribution is -2.47. The Morgan fingerprint density at radius 3 is 2.29 bits per heavy atom. The molecule has 3 rings (SSSR count). The number of aldehydes is 1. The minimum atomic E-state index is -4.96. The number of halogens is 3. The van der Waals surface area contributed by atoms with Gasteiger partial charge in [0.2, 0.25) is 5.91 Å². The number of alkyl halides is 3. The third-order valence-electron chi connectivity index (χ3n) is 5.39. The van der Waals surface area contributed by atoms with Gasteiger partial charge in [-0.15, -0.1) is 13.2 Å². The number of aryl methyl sites for hydroxylation is 1. The van der Waals surface area contributed by atoms with Crippen LogP contribution in [0, 0.1) is 6.92 Å². The van der Waals surface area contributed by atoms with Gasteiger partial charge in [0.15, 0.2) is 0 Å². The predicted octanol–water partition coefficient (Wildman–Crippen LogP) is 6.32. The zero-order valence-electron chi connectivity index (χ0n) is 19.8. The number of carbonyl (C=O) groups excluding carboxylic acids is 3. The zero-order chi connectivity index (χ0) is 25.6. The van der Waals surface area contributed by atoms with Crippen LogP contribution in [-0.2, 0) is 14.9 Å². The highest BCUT2D eigenvalue weighted by Gasteiger charge is 2.42. The third kappa shape index (κ3) is 5.24. The molecule has 2 aromatic carbocycles. The van der Waals surface area contributed by atoms with Gasteiger partial charge >= 0.3 is 12.5 Å². The number of ether oxygens (including phenoxy) is 2. The molecular weight excluding hydrogens is 451 g/mol. The average molecular weight is 477 g/mol. The van der Waals surface area contributed by atoms with Gasteiger partial charge in [-0.05, 0) is 68.7 Å². The molecule has 0 aliphatic carbocycles. The summed E-state index contributed by atoms with van der Waals surface area (Å²) in [6.07, 6.45) is -5.28. The smallest absolute Gasteiger partial charge is 0.443 e. The number of anilines is 1. The molecule has 6 nitrogen and oxygen atoms in total. The second kappa shape index (κ2) is 8.45. The van der Waals surface area contributed by atoms with E-state index in [-0.39, 0.29) is 28.8 Å². The molecule has 0 bridgehead atoms. The second-order valence-electron chi connectivity index (χ2n) is 9.88. The predicted molar refractivity (Wildman–Crippen MR) is 120 cm³/mol. The summed E-state index contributed by atoms with van der Waals surface area (Å²) >= 11 is 0. The standard InChI is InChI=1S/C25H26F3NO5/c1-14-9-18-19(29(21(31)12-24(18,5)6)22(32)34-23(2,3)4)11-16(14)17-10-15(13-30)7-8-20(17)33-25(26,27)28/h7-11,13H,12H2,1-6H3. The molecule has 1 aliphatic rings. The lowest BCUT2D eigenvalue weighted by atomic mass is 9.75. The van der Waals surface area contributed by atoms with E-state index in [1.165, 1.54) is 18.2 Å². The molecule has 0 N–H and O–H groups in total. The van der Waals surface area contributed by atoms with Gasteiger partial charge in [-0.3, -0.25) is 9.59 Å². The van der Waals surface area contributed by atoms with Gasteiger partial charge in [-0.25, -0.2) is 9.69 Å². The van der Waals surface area contributed by atoms with E-state index in [9.17, 15) is 27.6 Å². The highest BCUT2D eigenvalue weighted by molar-refractivity contribution is 6.15. The van der Waals surface area contributed by atoms with E-state index in [1.807, 2.05) is 13.8 Å². The number of fused-ring (bicyclic) bond motifs is 1. The SMILES string of the molecule is Cc1cc2c(cc1-c1cc(C=O)ccc1OC(F)(F)F)N(C(=O)OC(C)(C)C)C(=O)CC2(C)C. The minimum Gasteiger partial charge on any atom is -0.443 e. The summed E-state index contributed by atoms with van der Waals surface area (Å²) in [5.41, 5.74) is 0.383. The Bertz CT molecular complexity index is 1160. The first kappa shape index (κ1) is 25.3. The van der Waals surface area contributed by atoms with Gasteiger partial charge in [0.1, 0.15) is 17.6 Å². The van der Waals surface area contributed by atoms with Crippen LogP contribution in [0.4, 0.5) is 23.7 Å². The van der Waals surface area contributed by atoms with Crippen molar-refractivity contribution in [3.05, 3.63) is 47.0 Å². The van der Waals surface area contributed by atoms with Crippen LogP contribution in [0.3, 0.4) is 0 Å². The molecule has 0 atom stereocenters. The van der Waals surface area contributed by atoms with Gasteiger partial charge in [-0.2, -0.15) is 0 Å². The van der Waals surface area contributed by atoms with Crippen molar-refractivity contribution in [3.63, 3.8) is 0 Å². The average Bonchev–Trinajstić information content (AvgIpc) is 2.65. The first-order valence-corrected chi connectivity index (χ1v) is 10.6. The van der Waals surface area contributed by atoms with E-state index in [0.29, 0.717) is 17.4 Å². The van der Waals surface area contributed by atoms with Crippen molar-refractivity contribution < 1.29 is 37.0 Å². The second-order valence-corrected chi connectivity index (χ2v) is 9.88. The lowest BCUT2D eigenvalue weighted by molar-refractivity contribution is -0.274. The van der Waals surface area contributed by atoms with Crippen molar-refractivity contribution in [1.29, 1.82) is 0 Å². The van der Waals surface area contributed by atoms with Crippen LogP contribution in [-0.4, -0.2) is 30.2 Å². The fraction of sp³-hybridized carbons (Fsp3) is 0.400. The van der Waals surface area contributed by atoms with Crippen LogP contribution in [0.15, 0.2) is 30.3 Å². The van der Waals surface area contributed by atoms with Gasteiger partial charge in [0.05, 0.1) is 5.69 Å². The molecular formula is C25H26F3NO5. The molecule has 2 amide bonds. The van der Waals surface area contributed by atoms with E-state index in [2.05, 4.69) is 4.74 Å². The van der Waals surface area contributed by atoms with Crippen molar-refractivity contribution in [2.45, 2.75) is 65.3 Å². The van der Waals surface area contributed by atoms with Crippen LogP contribution in [0.2, 0.25) is 0 Å². The number of nitrogens with zero attached hydrogens (tertiary/aromatic N) is 1. The summed E-state index contributed by atoms with van der Waals surface area (Å²) in [5, 5.41) is 0. The van der Waals surface area contributed by atoms with Gasteiger partial charge in [0, 0.05) is 23.0 Å². The zero-order valence-corrected chi connectivity index (χ0v) is 19.8. The van der Waals surface area contributed by atoms with Crippen molar-refractivity contribution in [1.82, 2.24) is 0 Å². The first-order valence-electron chi connectivity index (χ1n) is 10.6. The molecule has 1 aliphatic heterocycles. The number of hydrogen-bond donors (Lipinski definition) is 0. The van der Waals surface area contributed by atoms with Crippen LogP contribution >= 0.6 is 0 Å². The number of imide groups is 1. The van der Waals surface area contributed by atoms with E-state index >= 15 is 0 Å². The van der Waals surface area contributed by atoms with E-state index in [4.69, 9.17) is 4.74 Å². The fourth-order valence-corrected chi connectivity index (χ4v) is 3.95. The molecule has 1 heterocycles. The van der Waals surface area contributed by atoms with Gasteiger partial charge in [-0.1, -0.05) is 19.9 Å². The van der Waals surface area contributed by atoms with Gasteiger partial charge < -0.3 is 9.47 Å². The highest BCUT2D eigenvalue weighted by Crippen LogP contribution is 2.45. The Labute approximate surface area is 195 Å². The molecule has 0 unspecified atom stereocenters. The summed E-state index contributed by atoms with van der Waals surface area (Å²) in [5.74, 6) is -0.999. The molecule has 0 saturated heterocycles. The monoisotopic (exact) mass is 477 g/mol. The highest BCUT2D eigenvalue weighted by atomic mass is 19.4. The Kier molecular flexibility index (Phi) is 6.28. The molecule has 0 fully saturated rings. The van der Waals surface area contributed by atoms with E-state index in [0.717, 1.165) is 11.0 Å².